The number of carbonyl (C=O) groups excluding carboxylic acids is 1. The number of hydrogen-bond acceptors (Lipinski definition) is 8. The van der Waals surface area contributed by atoms with E-state index in [0.29, 0.717) is 16.9 Å². The standard InChI is InChI=1S/C27H27NO8/c1-33-18-11-9-16(10-12-18)27-22(15-7-5-4-6-8-15)21(25(31)28-35-3)24(30)26(27,32)23-19(34-2)13-17(29)14-20(23)36-27/h4-14,21-22,24,29-30,32H,1-3H3,(H,28,31). The summed E-state index contributed by atoms with van der Waals surface area (Å²) in [6.45, 7) is 0. The fourth-order valence-corrected chi connectivity index (χ4v) is 5.86. The van der Waals surface area contributed by atoms with E-state index >= 15 is 0 Å². The van der Waals surface area contributed by atoms with Crippen molar-refractivity contribution >= 4 is 5.91 Å². The van der Waals surface area contributed by atoms with Crippen molar-refractivity contribution in [3.63, 3.8) is 0 Å². The van der Waals surface area contributed by atoms with Crippen LogP contribution in [0.1, 0.15) is 22.6 Å². The number of phenolic OH excluding ortho intramolecular Hbond substituents is 1. The summed E-state index contributed by atoms with van der Waals surface area (Å²) in [5.41, 5.74) is -0.263. The number of phenols is 1. The molecule has 9 nitrogen and oxygen atoms in total. The number of aromatic hydroxyl groups is 1. The lowest BCUT2D eigenvalue weighted by molar-refractivity contribution is -0.157. The maximum Gasteiger partial charge on any atom is 0.250 e. The number of rotatable bonds is 6. The van der Waals surface area contributed by atoms with Crippen molar-refractivity contribution in [3.05, 3.63) is 83.4 Å². The van der Waals surface area contributed by atoms with E-state index in [9.17, 15) is 20.1 Å². The molecule has 5 rings (SSSR count). The number of ether oxygens (including phenoxy) is 3. The minimum absolute atomic E-state index is 0.113. The molecule has 2 aliphatic rings. The van der Waals surface area contributed by atoms with E-state index in [1.165, 1.54) is 33.5 Å². The average molecular weight is 494 g/mol. The van der Waals surface area contributed by atoms with Crippen LogP contribution in [0.2, 0.25) is 0 Å². The summed E-state index contributed by atoms with van der Waals surface area (Å²) in [7, 11) is 4.22. The van der Waals surface area contributed by atoms with E-state index in [0.717, 1.165) is 0 Å². The van der Waals surface area contributed by atoms with E-state index < -0.39 is 35.0 Å². The van der Waals surface area contributed by atoms with Gasteiger partial charge in [0.25, 0.3) is 0 Å². The van der Waals surface area contributed by atoms with Crippen LogP contribution in [-0.2, 0) is 20.8 Å². The Morgan fingerprint density at radius 1 is 1.00 bits per heavy atom. The minimum Gasteiger partial charge on any atom is -0.508 e. The van der Waals surface area contributed by atoms with Gasteiger partial charge >= 0.3 is 0 Å². The van der Waals surface area contributed by atoms with E-state index in [4.69, 9.17) is 19.0 Å². The Bertz CT molecular complexity index is 1280. The fraction of sp³-hybridized carbons (Fsp3) is 0.296. The van der Waals surface area contributed by atoms with Gasteiger partial charge in [0.15, 0.2) is 11.2 Å². The van der Waals surface area contributed by atoms with Crippen LogP contribution in [0.25, 0.3) is 0 Å². The van der Waals surface area contributed by atoms with Crippen LogP contribution in [0.5, 0.6) is 23.0 Å². The molecule has 0 spiro atoms. The van der Waals surface area contributed by atoms with Crippen molar-refractivity contribution in [2.75, 3.05) is 21.3 Å². The van der Waals surface area contributed by atoms with E-state index in [-0.39, 0.29) is 22.8 Å². The van der Waals surface area contributed by atoms with Crippen molar-refractivity contribution in [2.24, 2.45) is 5.92 Å². The molecular formula is C27H27NO8. The molecule has 5 unspecified atom stereocenters. The number of benzene rings is 3. The third-order valence-electron chi connectivity index (χ3n) is 7.24. The van der Waals surface area contributed by atoms with Crippen LogP contribution in [0.4, 0.5) is 0 Å². The molecule has 3 aromatic rings. The van der Waals surface area contributed by atoms with Crippen LogP contribution in [0, 0.1) is 5.92 Å². The van der Waals surface area contributed by atoms with Crippen molar-refractivity contribution in [3.8, 4) is 23.0 Å². The first-order valence-corrected chi connectivity index (χ1v) is 11.4. The van der Waals surface area contributed by atoms with Gasteiger partial charge in [-0.25, -0.2) is 5.48 Å². The Morgan fingerprint density at radius 3 is 2.31 bits per heavy atom. The number of hydroxylamine groups is 1. The van der Waals surface area contributed by atoms with Gasteiger partial charge in [-0.05, 0) is 23.3 Å². The van der Waals surface area contributed by atoms with Crippen LogP contribution in [0.15, 0.2) is 66.7 Å². The topological polar surface area (TPSA) is 127 Å². The molecule has 1 aliphatic carbocycles. The summed E-state index contributed by atoms with van der Waals surface area (Å²) in [6.07, 6.45) is -1.65. The van der Waals surface area contributed by atoms with Gasteiger partial charge in [0.05, 0.1) is 32.8 Å². The Hall–Kier alpha value is -3.79. The summed E-state index contributed by atoms with van der Waals surface area (Å²) in [5, 5.41) is 34.8. The molecule has 0 radical (unpaired) electrons. The molecule has 0 saturated heterocycles. The lowest BCUT2D eigenvalue weighted by atomic mass is 9.70. The summed E-state index contributed by atoms with van der Waals surface area (Å²) in [6, 6.07) is 18.6. The second-order valence-corrected chi connectivity index (χ2v) is 8.88. The van der Waals surface area contributed by atoms with Gasteiger partial charge < -0.3 is 29.5 Å². The highest BCUT2D eigenvalue weighted by molar-refractivity contribution is 5.82. The zero-order valence-electron chi connectivity index (χ0n) is 20.0. The number of methoxy groups -OCH3 is 2. The first-order chi connectivity index (χ1) is 17.3. The van der Waals surface area contributed by atoms with Gasteiger partial charge in [-0.2, -0.15) is 0 Å². The number of fused-ring (bicyclic) bond motifs is 3. The summed E-state index contributed by atoms with van der Waals surface area (Å²) < 4.78 is 17.4. The number of aliphatic hydroxyl groups excluding tert-OH is 1. The maximum atomic E-state index is 13.4. The Kier molecular flexibility index (Phi) is 5.78. The van der Waals surface area contributed by atoms with Gasteiger partial charge in [-0.3, -0.25) is 9.63 Å². The highest BCUT2D eigenvalue weighted by Crippen LogP contribution is 2.70. The normalized spacial score (nSPS) is 28.1. The monoisotopic (exact) mass is 493 g/mol. The van der Waals surface area contributed by atoms with E-state index in [2.05, 4.69) is 5.48 Å². The maximum absolute atomic E-state index is 13.4. The molecule has 0 bridgehead atoms. The smallest absolute Gasteiger partial charge is 0.250 e. The third-order valence-corrected chi connectivity index (χ3v) is 7.24. The minimum atomic E-state index is -2.16. The Labute approximate surface area is 207 Å². The fourth-order valence-electron chi connectivity index (χ4n) is 5.86. The van der Waals surface area contributed by atoms with Gasteiger partial charge in [0.1, 0.15) is 29.1 Å². The molecule has 1 saturated carbocycles. The SMILES string of the molecule is CONC(=O)C1C(O)C2(O)c3c(OC)cc(O)cc3OC2(c2ccc(OC)cc2)C1c1ccccc1. The predicted molar refractivity (Wildman–Crippen MR) is 128 cm³/mol. The van der Waals surface area contributed by atoms with Gasteiger partial charge in [-0.1, -0.05) is 42.5 Å². The molecule has 0 aromatic heterocycles. The zero-order valence-corrected chi connectivity index (χ0v) is 20.0. The second kappa shape index (κ2) is 8.70. The van der Waals surface area contributed by atoms with Crippen LogP contribution in [-0.4, -0.2) is 48.7 Å². The highest BCUT2D eigenvalue weighted by atomic mass is 16.6. The number of hydrogen-bond donors (Lipinski definition) is 4. The number of amides is 1. The molecule has 9 heteroatoms. The highest BCUT2D eigenvalue weighted by Gasteiger charge is 2.78. The predicted octanol–water partition coefficient (Wildman–Crippen LogP) is 2.34. The third kappa shape index (κ3) is 3.10. The quantitative estimate of drug-likeness (QED) is 0.386. The second-order valence-electron chi connectivity index (χ2n) is 8.88. The van der Waals surface area contributed by atoms with Gasteiger partial charge in [0.2, 0.25) is 5.91 Å². The van der Waals surface area contributed by atoms with Crippen LogP contribution >= 0.6 is 0 Å². The largest absolute Gasteiger partial charge is 0.508 e. The molecule has 188 valence electrons. The zero-order chi connectivity index (χ0) is 25.7. The lowest BCUT2D eigenvalue weighted by Gasteiger charge is -2.40. The van der Waals surface area contributed by atoms with E-state index in [1.54, 1.807) is 36.4 Å². The summed E-state index contributed by atoms with van der Waals surface area (Å²) >= 11 is 0. The van der Waals surface area contributed by atoms with Crippen LogP contribution in [0.3, 0.4) is 0 Å². The number of aliphatic hydroxyl groups is 2. The molecule has 1 heterocycles. The summed E-state index contributed by atoms with van der Waals surface area (Å²) in [5.74, 6) is -2.02. The molecule has 1 fully saturated rings. The molecule has 5 atom stereocenters. The lowest BCUT2D eigenvalue weighted by Crippen LogP contribution is -2.52. The van der Waals surface area contributed by atoms with E-state index in [1.807, 2.05) is 18.2 Å². The molecular weight excluding hydrogens is 466 g/mol. The first-order valence-electron chi connectivity index (χ1n) is 11.4. The summed E-state index contributed by atoms with van der Waals surface area (Å²) in [4.78, 5) is 18.2. The Morgan fingerprint density at radius 2 is 1.69 bits per heavy atom. The molecule has 1 amide bonds. The van der Waals surface area contributed by atoms with Crippen molar-refractivity contribution in [1.82, 2.24) is 5.48 Å². The Balaban J connectivity index is 1.87. The average Bonchev–Trinajstić information content (AvgIpc) is 3.26. The van der Waals surface area contributed by atoms with Crippen molar-refractivity contribution < 1.29 is 39.2 Å². The number of nitrogens with one attached hydrogen (secondary N) is 1. The van der Waals surface area contributed by atoms with Crippen LogP contribution < -0.4 is 19.7 Å². The molecule has 4 N–H and O–H groups in total. The first kappa shape index (κ1) is 23.9. The number of carbonyl (C=O) groups is 1. The van der Waals surface area contributed by atoms with Crippen molar-refractivity contribution in [1.29, 1.82) is 0 Å². The molecule has 3 aromatic carbocycles. The molecule has 1 aliphatic heterocycles. The van der Waals surface area contributed by atoms with Gasteiger partial charge in [-0.15, -0.1) is 0 Å². The van der Waals surface area contributed by atoms with Crippen molar-refractivity contribution in [2.45, 2.75) is 23.2 Å². The van der Waals surface area contributed by atoms with Gasteiger partial charge in [0, 0.05) is 18.1 Å². The molecule has 36 heavy (non-hydrogen) atoms.